The summed E-state index contributed by atoms with van der Waals surface area (Å²) in [5, 5.41) is 15.7. The molecule has 0 bridgehead atoms. The van der Waals surface area contributed by atoms with Gasteiger partial charge >= 0.3 is 5.84 Å². The molecule has 142 valence electrons. The molecule has 0 unspecified atom stereocenters. The van der Waals surface area contributed by atoms with Crippen molar-refractivity contribution in [3.05, 3.63) is 54.5 Å². The van der Waals surface area contributed by atoms with Crippen LogP contribution in [0.25, 0.3) is 0 Å². The van der Waals surface area contributed by atoms with Crippen LogP contribution in [-0.2, 0) is 6.54 Å². The van der Waals surface area contributed by atoms with E-state index in [1.54, 1.807) is 6.20 Å². The number of rotatable bonds is 5. The van der Waals surface area contributed by atoms with Gasteiger partial charge in [-0.05, 0) is 36.8 Å². The first-order chi connectivity index (χ1) is 12.8. The third kappa shape index (κ3) is 4.42. The number of nitro groups is 1. The van der Waals surface area contributed by atoms with Gasteiger partial charge < -0.3 is 15.0 Å². The van der Waals surface area contributed by atoms with Gasteiger partial charge in [0.25, 0.3) is 0 Å². The van der Waals surface area contributed by atoms with Gasteiger partial charge in [-0.25, -0.2) is 4.98 Å². The molecule has 0 spiro atoms. The van der Waals surface area contributed by atoms with Crippen molar-refractivity contribution in [2.75, 3.05) is 18.5 Å². The molecule has 1 aromatic heterocycles. The molecular weight excluding hydrogens is 388 g/mol. The number of aliphatic imine (C=N–C) groups is 1. The molecular formula is C17H19ClN6O2S. The van der Waals surface area contributed by atoms with Gasteiger partial charge in [0.15, 0.2) is 4.47 Å². The van der Waals surface area contributed by atoms with E-state index >= 15 is 0 Å². The summed E-state index contributed by atoms with van der Waals surface area (Å²) in [6.07, 6.45) is 1.67. The number of hydrogen-bond donors (Lipinski definition) is 1. The zero-order chi connectivity index (χ0) is 19.6. The predicted molar refractivity (Wildman–Crippen MR) is 109 cm³/mol. The van der Waals surface area contributed by atoms with Crippen LogP contribution in [0.5, 0.6) is 0 Å². The van der Waals surface area contributed by atoms with E-state index in [0.29, 0.717) is 24.1 Å². The first kappa shape index (κ1) is 19.2. The summed E-state index contributed by atoms with van der Waals surface area (Å²) < 4.78 is 0.442. The van der Waals surface area contributed by atoms with Gasteiger partial charge in [-0.15, -0.1) is 11.3 Å². The number of aromatic nitrogens is 1. The Morgan fingerprint density at radius 3 is 2.70 bits per heavy atom. The number of hydrogen-bond acceptors (Lipinski definition) is 8. The molecule has 27 heavy (non-hydrogen) atoms. The Morgan fingerprint density at radius 1 is 1.41 bits per heavy atom. The predicted octanol–water partition coefficient (Wildman–Crippen LogP) is 3.64. The summed E-state index contributed by atoms with van der Waals surface area (Å²) in [5.74, 6) is -0.0399. The Kier molecular flexibility index (Phi) is 5.71. The molecule has 1 N–H and O–H groups in total. The maximum absolute atomic E-state index is 11.6. The summed E-state index contributed by atoms with van der Waals surface area (Å²) >= 11 is 7.21. The first-order valence-corrected chi connectivity index (χ1v) is 9.50. The van der Waals surface area contributed by atoms with Gasteiger partial charge in [-0.1, -0.05) is 29.3 Å². The summed E-state index contributed by atoms with van der Waals surface area (Å²) in [6.45, 7) is 7.41. The first-order valence-electron chi connectivity index (χ1n) is 8.31. The van der Waals surface area contributed by atoms with Crippen molar-refractivity contribution in [1.82, 2.24) is 9.88 Å². The van der Waals surface area contributed by atoms with Gasteiger partial charge in [-0.3, -0.25) is 4.99 Å². The van der Waals surface area contributed by atoms with Crippen molar-refractivity contribution < 1.29 is 4.92 Å². The topological polar surface area (TPSA) is 96.0 Å². The Labute approximate surface area is 165 Å². The summed E-state index contributed by atoms with van der Waals surface area (Å²) in [7, 11) is 0. The summed E-state index contributed by atoms with van der Waals surface area (Å²) in [4.78, 5) is 22.2. The lowest BCUT2D eigenvalue weighted by molar-refractivity contribution is -0.346. The van der Waals surface area contributed by atoms with E-state index < -0.39 is 4.92 Å². The number of hydrazone groups is 1. The normalized spacial score (nSPS) is 14.4. The Morgan fingerprint density at radius 2 is 2.11 bits per heavy atom. The minimum Gasteiger partial charge on any atom is -0.358 e. The second-order valence-electron chi connectivity index (χ2n) is 6.28. The highest BCUT2D eigenvalue weighted by Gasteiger charge is 2.31. The fraction of sp³-hybridized carbons (Fsp3) is 0.353. The highest BCUT2D eigenvalue weighted by molar-refractivity contribution is 7.15. The minimum absolute atomic E-state index is 0.263. The average molecular weight is 407 g/mol. The van der Waals surface area contributed by atoms with Crippen molar-refractivity contribution in [2.45, 2.75) is 27.3 Å². The monoisotopic (exact) mass is 406 g/mol. The lowest BCUT2D eigenvalue weighted by Crippen LogP contribution is -2.37. The van der Waals surface area contributed by atoms with Crippen molar-refractivity contribution in [3.8, 4) is 0 Å². The molecule has 0 atom stereocenters. The number of anilines is 1. The van der Waals surface area contributed by atoms with E-state index in [0.717, 1.165) is 27.3 Å². The number of amidine groups is 2. The van der Waals surface area contributed by atoms with Gasteiger partial charge in [0.05, 0.1) is 23.9 Å². The maximum Gasteiger partial charge on any atom is 0.430 e. The molecule has 1 aromatic carbocycles. The van der Waals surface area contributed by atoms with Crippen molar-refractivity contribution in [1.29, 1.82) is 0 Å². The largest absolute Gasteiger partial charge is 0.430 e. The molecule has 0 saturated carbocycles. The Bertz CT molecular complexity index is 916. The van der Waals surface area contributed by atoms with E-state index in [2.05, 4.69) is 20.5 Å². The fourth-order valence-corrected chi connectivity index (χ4v) is 4.02. The quantitative estimate of drug-likeness (QED) is 0.354. The zero-order valence-electron chi connectivity index (χ0n) is 15.2. The van der Waals surface area contributed by atoms with Crippen LogP contribution >= 0.6 is 22.9 Å². The van der Waals surface area contributed by atoms with Crippen LogP contribution in [-0.4, -0.2) is 39.6 Å². The minimum atomic E-state index is -0.511. The third-order valence-corrected chi connectivity index (χ3v) is 5.23. The average Bonchev–Trinajstić information content (AvgIpc) is 3.19. The SMILES string of the molecule is Cc1cc(C)c(N/N=C(/C2=NCCN2Cc2cnc(Cl)s2)[N+](=O)[O-])c(C)c1. The van der Waals surface area contributed by atoms with Crippen LogP contribution in [0.15, 0.2) is 28.4 Å². The third-order valence-electron chi connectivity index (χ3n) is 4.13. The molecule has 0 amide bonds. The Balaban J connectivity index is 1.84. The van der Waals surface area contributed by atoms with Crippen LogP contribution in [0, 0.1) is 30.9 Å². The molecule has 1 aliphatic rings. The zero-order valence-corrected chi connectivity index (χ0v) is 16.8. The van der Waals surface area contributed by atoms with Crippen LogP contribution in [0.4, 0.5) is 5.69 Å². The molecule has 2 heterocycles. The lowest BCUT2D eigenvalue weighted by Gasteiger charge is -2.16. The molecule has 0 aliphatic carbocycles. The van der Waals surface area contributed by atoms with Crippen LogP contribution in [0.2, 0.25) is 4.47 Å². The van der Waals surface area contributed by atoms with E-state index in [9.17, 15) is 10.1 Å². The van der Waals surface area contributed by atoms with E-state index in [1.165, 1.54) is 11.3 Å². The Hall–Kier alpha value is -2.52. The molecule has 0 saturated heterocycles. The smallest absolute Gasteiger partial charge is 0.358 e. The molecule has 10 heteroatoms. The van der Waals surface area contributed by atoms with Crippen LogP contribution < -0.4 is 5.43 Å². The van der Waals surface area contributed by atoms with Gasteiger partial charge in [0.2, 0.25) is 5.84 Å². The van der Waals surface area contributed by atoms with E-state index in [4.69, 9.17) is 11.6 Å². The van der Waals surface area contributed by atoms with Gasteiger partial charge in [0.1, 0.15) is 0 Å². The standard InChI is InChI=1S/C17H19ClN6O2S/c1-10-6-11(2)14(12(3)7-10)21-22-16(24(25)26)15-19-4-5-23(15)9-13-8-20-17(18)27-13/h6-8,21H,4-5,9H2,1-3H3/b22-16-. The number of aryl methyl sites for hydroxylation is 3. The van der Waals surface area contributed by atoms with Crippen LogP contribution in [0.1, 0.15) is 21.6 Å². The van der Waals surface area contributed by atoms with Crippen molar-refractivity contribution in [2.24, 2.45) is 10.1 Å². The molecule has 1 aliphatic heterocycles. The number of halogens is 1. The second-order valence-corrected chi connectivity index (χ2v) is 7.98. The lowest BCUT2D eigenvalue weighted by atomic mass is 10.1. The molecule has 0 fully saturated rings. The van der Waals surface area contributed by atoms with E-state index in [1.807, 2.05) is 37.8 Å². The fourth-order valence-electron chi connectivity index (χ4n) is 3.03. The molecule has 8 nitrogen and oxygen atoms in total. The summed E-state index contributed by atoms with van der Waals surface area (Å²) in [5.41, 5.74) is 6.71. The summed E-state index contributed by atoms with van der Waals surface area (Å²) in [6, 6.07) is 4.01. The number of benzene rings is 1. The molecule has 3 rings (SSSR count). The molecule has 2 aromatic rings. The highest BCUT2D eigenvalue weighted by atomic mass is 35.5. The highest BCUT2D eigenvalue weighted by Crippen LogP contribution is 2.23. The van der Waals surface area contributed by atoms with Crippen molar-refractivity contribution >= 4 is 40.3 Å². The van der Waals surface area contributed by atoms with E-state index in [-0.39, 0.29) is 11.7 Å². The maximum atomic E-state index is 11.6. The molecule has 0 radical (unpaired) electrons. The number of thiazole rings is 1. The van der Waals surface area contributed by atoms with Gasteiger partial charge in [0, 0.05) is 17.6 Å². The van der Waals surface area contributed by atoms with Gasteiger partial charge in [-0.2, -0.15) is 5.43 Å². The second kappa shape index (κ2) is 8.01. The number of nitrogens with zero attached hydrogens (tertiary/aromatic N) is 5. The van der Waals surface area contributed by atoms with Crippen molar-refractivity contribution in [3.63, 3.8) is 0 Å². The number of nitrogens with one attached hydrogen (secondary N) is 1. The van der Waals surface area contributed by atoms with Crippen LogP contribution in [0.3, 0.4) is 0 Å².